The Labute approximate surface area is 191 Å². The van der Waals surface area contributed by atoms with E-state index in [4.69, 9.17) is 4.74 Å². The van der Waals surface area contributed by atoms with E-state index in [1.165, 1.54) is 12.1 Å². The summed E-state index contributed by atoms with van der Waals surface area (Å²) in [6, 6.07) is 13.1. The number of nitro groups is 1. The highest BCUT2D eigenvalue weighted by Crippen LogP contribution is 2.19. The molecule has 0 bridgehead atoms. The maximum Gasteiger partial charge on any atom is 0.408 e. The molecule has 174 valence electrons. The monoisotopic (exact) mass is 452 g/mol. The lowest BCUT2D eigenvalue weighted by atomic mass is 10.0. The molecule has 9 heteroatoms. The number of nitrogens with one attached hydrogen (secondary N) is 3. The van der Waals surface area contributed by atoms with Crippen LogP contribution in [0.25, 0.3) is 10.9 Å². The van der Waals surface area contributed by atoms with Crippen molar-refractivity contribution in [1.29, 1.82) is 0 Å². The number of hydrogen-bond donors (Lipinski definition) is 3. The van der Waals surface area contributed by atoms with E-state index in [1.54, 1.807) is 32.9 Å². The molecule has 2 aromatic carbocycles. The van der Waals surface area contributed by atoms with E-state index in [0.717, 1.165) is 22.0 Å². The largest absolute Gasteiger partial charge is 0.444 e. The average Bonchev–Trinajstić information content (AvgIpc) is 3.15. The van der Waals surface area contributed by atoms with E-state index in [1.807, 2.05) is 30.5 Å². The number of carbonyl (C=O) groups is 2. The molecule has 0 aliphatic heterocycles. The maximum absolute atomic E-state index is 13.0. The van der Waals surface area contributed by atoms with Crippen molar-refractivity contribution < 1.29 is 19.2 Å². The number of carbonyl (C=O) groups excluding carboxylic acids is 2. The molecule has 0 unspecified atom stereocenters. The third-order valence-electron chi connectivity index (χ3n) is 4.94. The summed E-state index contributed by atoms with van der Waals surface area (Å²) in [6.45, 7) is 5.52. The van der Waals surface area contributed by atoms with Crippen molar-refractivity contribution in [3.05, 3.63) is 76.0 Å². The summed E-state index contributed by atoms with van der Waals surface area (Å²) in [4.78, 5) is 39.0. The highest BCUT2D eigenvalue weighted by atomic mass is 16.6. The first-order chi connectivity index (χ1) is 15.6. The Bertz CT molecular complexity index is 1150. The second kappa shape index (κ2) is 10.2. The Morgan fingerprint density at radius 1 is 1.15 bits per heavy atom. The number of alkyl carbamates (subject to hydrolysis) is 1. The average molecular weight is 453 g/mol. The van der Waals surface area contributed by atoms with Crippen molar-refractivity contribution in [2.24, 2.45) is 0 Å². The van der Waals surface area contributed by atoms with Crippen LogP contribution in [0.2, 0.25) is 0 Å². The zero-order chi connectivity index (χ0) is 24.0. The molecule has 0 spiro atoms. The lowest BCUT2D eigenvalue weighted by Gasteiger charge is -2.23. The molecule has 1 aromatic heterocycles. The summed E-state index contributed by atoms with van der Waals surface area (Å²) in [5.74, 6) is -0.364. The van der Waals surface area contributed by atoms with E-state index in [9.17, 15) is 19.7 Å². The highest BCUT2D eigenvalue weighted by Gasteiger charge is 2.25. The van der Waals surface area contributed by atoms with Gasteiger partial charge in [-0.3, -0.25) is 14.9 Å². The number of non-ortho nitro benzene ring substituents is 1. The molecule has 0 aliphatic rings. The molecule has 0 aliphatic carbocycles. The fraction of sp³-hybridized carbons (Fsp3) is 0.333. The minimum absolute atomic E-state index is 0.00244. The van der Waals surface area contributed by atoms with Crippen molar-refractivity contribution in [2.45, 2.75) is 45.3 Å². The maximum atomic E-state index is 13.0. The Morgan fingerprint density at radius 2 is 1.91 bits per heavy atom. The van der Waals surface area contributed by atoms with Gasteiger partial charge in [-0.05, 0) is 44.4 Å². The summed E-state index contributed by atoms with van der Waals surface area (Å²) < 4.78 is 5.33. The van der Waals surface area contributed by atoms with Crippen molar-refractivity contribution in [3.63, 3.8) is 0 Å². The Morgan fingerprint density at radius 3 is 2.64 bits per heavy atom. The number of aromatic amines is 1. The molecule has 1 heterocycles. The molecule has 9 nitrogen and oxygen atoms in total. The van der Waals surface area contributed by atoms with Crippen LogP contribution in [0.1, 0.15) is 31.9 Å². The van der Waals surface area contributed by atoms with Crippen LogP contribution in [0, 0.1) is 10.1 Å². The van der Waals surface area contributed by atoms with Gasteiger partial charge in [0.15, 0.2) is 0 Å². The number of nitro benzene ring substituents is 1. The molecule has 0 fully saturated rings. The number of benzene rings is 2. The summed E-state index contributed by atoms with van der Waals surface area (Å²) in [7, 11) is 0. The zero-order valence-electron chi connectivity index (χ0n) is 18.9. The van der Waals surface area contributed by atoms with Crippen LogP contribution >= 0.6 is 0 Å². The lowest BCUT2D eigenvalue weighted by molar-refractivity contribution is -0.384. The lowest BCUT2D eigenvalue weighted by Crippen LogP contribution is -2.49. The SMILES string of the molecule is CC(C)(C)OC(=O)N[C@@H](Cc1c[nH]c2ccccc12)C(=O)NCCc1cccc([N+](=O)[O-])c1. The topological polar surface area (TPSA) is 126 Å². The first-order valence-electron chi connectivity index (χ1n) is 10.7. The van der Waals surface area contributed by atoms with Crippen molar-refractivity contribution in [2.75, 3.05) is 6.54 Å². The number of para-hydroxylation sites is 1. The van der Waals surface area contributed by atoms with Gasteiger partial charge in [0.2, 0.25) is 5.91 Å². The third kappa shape index (κ3) is 6.80. The molecule has 0 saturated heterocycles. The van der Waals surface area contributed by atoms with E-state index in [-0.39, 0.29) is 24.6 Å². The molecule has 3 N–H and O–H groups in total. The third-order valence-corrected chi connectivity index (χ3v) is 4.94. The molecule has 3 rings (SSSR count). The van der Waals surface area contributed by atoms with E-state index < -0.39 is 22.7 Å². The molecule has 33 heavy (non-hydrogen) atoms. The first kappa shape index (κ1) is 23.8. The van der Waals surface area contributed by atoms with Crippen molar-refractivity contribution in [1.82, 2.24) is 15.6 Å². The van der Waals surface area contributed by atoms with Crippen molar-refractivity contribution in [3.8, 4) is 0 Å². The van der Waals surface area contributed by atoms with E-state index in [0.29, 0.717) is 6.42 Å². The quantitative estimate of drug-likeness (QED) is 0.353. The Kier molecular flexibility index (Phi) is 7.32. The molecule has 3 aromatic rings. The fourth-order valence-electron chi connectivity index (χ4n) is 3.46. The number of ether oxygens (including phenoxy) is 1. The standard InChI is InChI=1S/C24H28N4O5/c1-24(2,3)33-23(30)27-21(14-17-15-26-20-10-5-4-9-19(17)20)22(29)25-12-11-16-7-6-8-18(13-16)28(31)32/h4-10,13,15,21,26H,11-12,14H2,1-3H3,(H,25,29)(H,27,30)/t21-/m0/s1. The number of H-pyrrole nitrogens is 1. The van der Waals surface area contributed by atoms with Crippen LogP contribution in [-0.2, 0) is 22.4 Å². The van der Waals surface area contributed by atoms with E-state index in [2.05, 4.69) is 15.6 Å². The second-order valence-corrected chi connectivity index (χ2v) is 8.73. The number of rotatable bonds is 8. The molecular formula is C24H28N4O5. The molecule has 0 radical (unpaired) electrons. The smallest absolute Gasteiger partial charge is 0.408 e. The van der Waals surface area contributed by atoms with Gasteiger partial charge in [0.1, 0.15) is 11.6 Å². The van der Waals surface area contributed by atoms with Gasteiger partial charge in [-0.2, -0.15) is 0 Å². The van der Waals surface area contributed by atoms with Crippen LogP contribution in [-0.4, -0.2) is 40.1 Å². The second-order valence-electron chi connectivity index (χ2n) is 8.73. The van der Waals surface area contributed by atoms with Crippen molar-refractivity contribution >= 4 is 28.6 Å². The van der Waals surface area contributed by atoms with Crippen LogP contribution in [0.4, 0.5) is 10.5 Å². The normalized spacial score (nSPS) is 12.2. The van der Waals surface area contributed by atoms with Gasteiger partial charge >= 0.3 is 6.09 Å². The minimum atomic E-state index is -0.857. The summed E-state index contributed by atoms with van der Waals surface area (Å²) >= 11 is 0. The number of nitrogens with zero attached hydrogens (tertiary/aromatic N) is 1. The molecular weight excluding hydrogens is 424 g/mol. The number of aromatic nitrogens is 1. The van der Waals surface area contributed by atoms with Crippen LogP contribution in [0.5, 0.6) is 0 Å². The summed E-state index contributed by atoms with van der Waals surface area (Å²) in [5.41, 5.74) is 1.86. The zero-order valence-corrected chi connectivity index (χ0v) is 18.9. The van der Waals surface area contributed by atoms with Gasteiger partial charge < -0.3 is 20.4 Å². The number of fused-ring (bicyclic) bond motifs is 1. The number of hydrogen-bond acceptors (Lipinski definition) is 5. The van der Waals surface area contributed by atoms with E-state index >= 15 is 0 Å². The Hall–Kier alpha value is -3.88. The Balaban J connectivity index is 1.69. The molecule has 1 atom stereocenters. The minimum Gasteiger partial charge on any atom is -0.444 e. The van der Waals surface area contributed by atoms with Gasteiger partial charge in [0.25, 0.3) is 5.69 Å². The van der Waals surface area contributed by atoms with Gasteiger partial charge in [0, 0.05) is 42.2 Å². The summed E-state index contributed by atoms with van der Waals surface area (Å²) in [5, 5.41) is 17.4. The van der Waals surface area contributed by atoms with Gasteiger partial charge in [-0.1, -0.05) is 30.3 Å². The molecule has 2 amide bonds. The molecule has 0 saturated carbocycles. The predicted octanol–water partition coefficient (Wildman–Crippen LogP) is 3.87. The van der Waals surface area contributed by atoms with Gasteiger partial charge in [0.05, 0.1) is 4.92 Å². The summed E-state index contributed by atoms with van der Waals surface area (Å²) in [6.07, 6.45) is 1.83. The van der Waals surface area contributed by atoms with Crippen LogP contribution in [0.3, 0.4) is 0 Å². The number of amides is 2. The van der Waals surface area contributed by atoms with Gasteiger partial charge in [-0.15, -0.1) is 0 Å². The predicted molar refractivity (Wildman–Crippen MR) is 125 cm³/mol. The van der Waals surface area contributed by atoms with Crippen LogP contribution < -0.4 is 10.6 Å². The van der Waals surface area contributed by atoms with Gasteiger partial charge in [-0.25, -0.2) is 4.79 Å². The fourth-order valence-corrected chi connectivity index (χ4v) is 3.46. The first-order valence-corrected chi connectivity index (χ1v) is 10.7. The highest BCUT2D eigenvalue weighted by molar-refractivity contribution is 5.88. The van der Waals surface area contributed by atoms with Crippen LogP contribution in [0.15, 0.2) is 54.7 Å².